The summed E-state index contributed by atoms with van der Waals surface area (Å²) in [7, 11) is 0. The van der Waals surface area contributed by atoms with Gasteiger partial charge in [0.2, 0.25) is 0 Å². The fraction of sp³-hybridized carbons (Fsp3) is 0.320. The van der Waals surface area contributed by atoms with Gasteiger partial charge in [-0.25, -0.2) is 15.0 Å². The number of nitrogens with one attached hydrogen (secondary N) is 1. The first-order valence-electron chi connectivity index (χ1n) is 11.1. The van der Waals surface area contributed by atoms with Gasteiger partial charge < -0.3 is 19.7 Å². The van der Waals surface area contributed by atoms with Crippen molar-refractivity contribution >= 4 is 16.7 Å². The molecule has 0 bridgehead atoms. The molecule has 2 N–H and O–H groups in total. The molecule has 7 nitrogen and oxygen atoms in total. The highest BCUT2D eigenvalue weighted by Gasteiger charge is 2.50. The second kappa shape index (κ2) is 7.20. The number of hydrogen-bond donors (Lipinski definition) is 2. The number of imidazole rings is 1. The minimum Gasteiger partial charge on any atom is -0.434 e. The third-order valence-electron chi connectivity index (χ3n) is 6.50. The van der Waals surface area contributed by atoms with Gasteiger partial charge >= 0.3 is 6.61 Å². The molecule has 0 unspecified atom stereocenters. The first kappa shape index (κ1) is 21.0. The maximum atomic E-state index is 13.1. The number of rotatable bonds is 4. The van der Waals surface area contributed by atoms with E-state index in [-0.39, 0.29) is 11.3 Å². The van der Waals surface area contributed by atoms with E-state index in [1.54, 1.807) is 38.4 Å². The molecule has 174 valence electrons. The summed E-state index contributed by atoms with van der Waals surface area (Å²) in [6, 6.07) is 11.1. The summed E-state index contributed by atoms with van der Waals surface area (Å²) >= 11 is 0. The van der Waals surface area contributed by atoms with Crippen LogP contribution in [0.2, 0.25) is 0 Å². The lowest BCUT2D eigenvalue weighted by molar-refractivity contribution is -0.0504. The van der Waals surface area contributed by atoms with Gasteiger partial charge in [-0.1, -0.05) is 12.1 Å². The number of fused-ring (bicyclic) bond motifs is 5. The number of alkyl halides is 2. The molecule has 34 heavy (non-hydrogen) atoms. The Morgan fingerprint density at radius 2 is 1.88 bits per heavy atom. The van der Waals surface area contributed by atoms with Crippen molar-refractivity contribution in [2.45, 2.75) is 51.0 Å². The van der Waals surface area contributed by atoms with Gasteiger partial charge in [0.25, 0.3) is 0 Å². The average Bonchev–Trinajstić information content (AvgIpc) is 3.50. The van der Waals surface area contributed by atoms with Crippen LogP contribution in [0.25, 0.3) is 22.2 Å². The molecule has 9 heteroatoms. The predicted octanol–water partition coefficient (Wildman–Crippen LogP) is 4.79. The SMILES string of the molecule is CC(C)(O)c1ncc(-c2ccc3nc4n(c3c2)Cc2c(cccc2OC(F)F)NC42CC2)cn1. The molecule has 2 aliphatic rings. The smallest absolute Gasteiger partial charge is 0.387 e. The van der Waals surface area contributed by atoms with E-state index >= 15 is 0 Å². The molecule has 2 aromatic carbocycles. The van der Waals surface area contributed by atoms with E-state index in [9.17, 15) is 13.9 Å². The quantitative estimate of drug-likeness (QED) is 0.453. The fourth-order valence-electron chi connectivity index (χ4n) is 4.62. The predicted molar refractivity (Wildman–Crippen MR) is 123 cm³/mol. The van der Waals surface area contributed by atoms with Crippen LogP contribution in [0.4, 0.5) is 14.5 Å². The molecule has 0 saturated heterocycles. The lowest BCUT2D eigenvalue weighted by Crippen LogP contribution is -2.21. The molecule has 0 atom stereocenters. The molecular formula is C25H23F2N5O2. The number of anilines is 1. The Kier molecular flexibility index (Phi) is 4.44. The van der Waals surface area contributed by atoms with E-state index in [0.29, 0.717) is 17.9 Å². The Morgan fingerprint density at radius 3 is 2.56 bits per heavy atom. The molecule has 1 spiro atoms. The van der Waals surface area contributed by atoms with Crippen molar-refractivity contribution in [2.24, 2.45) is 0 Å². The van der Waals surface area contributed by atoms with Gasteiger partial charge in [-0.15, -0.1) is 0 Å². The zero-order valence-corrected chi connectivity index (χ0v) is 18.7. The van der Waals surface area contributed by atoms with Crippen molar-refractivity contribution in [1.82, 2.24) is 19.5 Å². The Labute approximate surface area is 194 Å². The summed E-state index contributed by atoms with van der Waals surface area (Å²) in [5, 5.41) is 13.7. The third-order valence-corrected chi connectivity index (χ3v) is 6.50. The van der Waals surface area contributed by atoms with Crippen LogP contribution in [0.1, 0.15) is 43.9 Å². The van der Waals surface area contributed by atoms with Gasteiger partial charge in [0.05, 0.1) is 23.1 Å². The molecule has 1 aliphatic carbocycles. The van der Waals surface area contributed by atoms with Gasteiger partial charge in [-0.3, -0.25) is 0 Å². The van der Waals surface area contributed by atoms with Gasteiger partial charge in [0.1, 0.15) is 17.2 Å². The van der Waals surface area contributed by atoms with Crippen LogP contribution in [0.15, 0.2) is 48.8 Å². The van der Waals surface area contributed by atoms with Crippen LogP contribution < -0.4 is 10.1 Å². The van der Waals surface area contributed by atoms with Gasteiger partial charge in [-0.2, -0.15) is 8.78 Å². The van der Waals surface area contributed by atoms with Crippen LogP contribution in [-0.4, -0.2) is 31.2 Å². The summed E-state index contributed by atoms with van der Waals surface area (Å²) in [5.74, 6) is 1.41. The first-order valence-corrected chi connectivity index (χ1v) is 11.1. The standard InChI is InChI=1S/C25H23F2N5O2/c1-24(2,33)21-28-11-15(12-29-21)14-6-7-18-19(10-14)32-13-16-17(4-3-5-20(16)34-23(26)27)31-25(8-9-25)22(32)30-18/h3-7,10-12,23,31,33H,8-9,13H2,1-2H3. The number of hydrogen-bond acceptors (Lipinski definition) is 6. The van der Waals surface area contributed by atoms with E-state index < -0.39 is 12.2 Å². The zero-order valence-electron chi connectivity index (χ0n) is 18.7. The highest BCUT2D eigenvalue weighted by atomic mass is 19.3. The summed E-state index contributed by atoms with van der Waals surface area (Å²) in [6.45, 7) is 0.737. The van der Waals surface area contributed by atoms with Crippen molar-refractivity contribution in [3.8, 4) is 16.9 Å². The van der Waals surface area contributed by atoms with E-state index in [1.165, 1.54) is 0 Å². The summed E-state index contributed by atoms with van der Waals surface area (Å²) < 4.78 is 33.1. The average molecular weight is 463 g/mol. The Hall–Kier alpha value is -3.59. The first-order chi connectivity index (χ1) is 16.2. The van der Waals surface area contributed by atoms with Crippen LogP contribution in [-0.2, 0) is 17.7 Å². The molecule has 3 heterocycles. The third kappa shape index (κ3) is 3.38. The maximum Gasteiger partial charge on any atom is 0.387 e. The van der Waals surface area contributed by atoms with E-state index in [4.69, 9.17) is 9.72 Å². The number of nitrogens with zero attached hydrogens (tertiary/aromatic N) is 4. The molecule has 0 amide bonds. The molecular weight excluding hydrogens is 440 g/mol. The van der Waals surface area contributed by atoms with Crippen LogP contribution in [0.3, 0.4) is 0 Å². The zero-order chi connectivity index (χ0) is 23.7. The largest absolute Gasteiger partial charge is 0.434 e. The molecule has 0 radical (unpaired) electrons. The van der Waals surface area contributed by atoms with Crippen molar-refractivity contribution in [3.63, 3.8) is 0 Å². The van der Waals surface area contributed by atoms with E-state index in [0.717, 1.165) is 46.5 Å². The van der Waals surface area contributed by atoms with Crippen molar-refractivity contribution < 1.29 is 18.6 Å². The van der Waals surface area contributed by atoms with E-state index in [1.807, 2.05) is 24.3 Å². The minimum atomic E-state index is -2.90. The van der Waals surface area contributed by atoms with Crippen LogP contribution >= 0.6 is 0 Å². The second-order valence-electron chi connectivity index (χ2n) is 9.45. The Morgan fingerprint density at radius 1 is 1.12 bits per heavy atom. The highest BCUT2D eigenvalue weighted by molar-refractivity contribution is 5.83. The lowest BCUT2D eigenvalue weighted by Gasteiger charge is -2.17. The molecule has 1 fully saturated rings. The fourth-order valence-corrected chi connectivity index (χ4v) is 4.62. The topological polar surface area (TPSA) is 85.1 Å². The summed E-state index contributed by atoms with van der Waals surface area (Å²) in [4.78, 5) is 13.6. The summed E-state index contributed by atoms with van der Waals surface area (Å²) in [5.41, 5.74) is 3.46. The minimum absolute atomic E-state index is 0.164. The van der Waals surface area contributed by atoms with Crippen LogP contribution in [0.5, 0.6) is 5.75 Å². The molecule has 1 saturated carbocycles. The van der Waals surface area contributed by atoms with Crippen molar-refractivity contribution in [1.29, 1.82) is 0 Å². The number of aromatic nitrogens is 4. The van der Waals surface area contributed by atoms with Gasteiger partial charge in [0.15, 0.2) is 5.82 Å². The van der Waals surface area contributed by atoms with Crippen molar-refractivity contribution in [2.75, 3.05) is 5.32 Å². The molecule has 1 aliphatic heterocycles. The number of halogens is 2. The van der Waals surface area contributed by atoms with Crippen LogP contribution in [0, 0.1) is 0 Å². The lowest BCUT2D eigenvalue weighted by atomic mass is 10.1. The van der Waals surface area contributed by atoms with Gasteiger partial charge in [-0.05, 0) is 56.5 Å². The Bertz CT molecular complexity index is 1410. The molecule has 4 aromatic rings. The summed E-state index contributed by atoms with van der Waals surface area (Å²) in [6.07, 6.45) is 5.20. The maximum absolute atomic E-state index is 13.1. The second-order valence-corrected chi connectivity index (χ2v) is 9.45. The van der Waals surface area contributed by atoms with Gasteiger partial charge in [0, 0.05) is 29.2 Å². The number of ether oxygens (including phenoxy) is 1. The Balaban J connectivity index is 1.48. The van der Waals surface area contributed by atoms with E-state index in [2.05, 4.69) is 19.9 Å². The number of aliphatic hydroxyl groups is 1. The van der Waals surface area contributed by atoms with Crippen molar-refractivity contribution in [3.05, 3.63) is 66.0 Å². The molecule has 6 rings (SSSR count). The number of benzene rings is 2. The normalized spacial score (nSPS) is 16.2. The monoisotopic (exact) mass is 463 g/mol. The highest BCUT2D eigenvalue weighted by Crippen LogP contribution is 2.51. The molecule has 2 aromatic heterocycles.